The van der Waals surface area contributed by atoms with Crippen LogP contribution >= 0.6 is 23.4 Å². The van der Waals surface area contributed by atoms with E-state index in [0.717, 1.165) is 28.0 Å². The van der Waals surface area contributed by atoms with Crippen molar-refractivity contribution in [3.63, 3.8) is 0 Å². The number of ether oxygens (including phenoxy) is 2. The lowest BCUT2D eigenvalue weighted by atomic mass is 10.0. The number of rotatable bonds is 2. The zero-order chi connectivity index (χ0) is 15.8. The van der Waals surface area contributed by atoms with Crippen LogP contribution in [-0.2, 0) is 0 Å². The van der Waals surface area contributed by atoms with Crippen LogP contribution in [0.25, 0.3) is 0 Å². The number of benzene rings is 2. The molecule has 1 fully saturated rings. The fourth-order valence-corrected chi connectivity index (χ4v) is 4.30. The maximum atomic E-state index is 6.04. The van der Waals surface area contributed by atoms with E-state index in [1.807, 2.05) is 30.0 Å². The minimum atomic E-state index is 0.303. The van der Waals surface area contributed by atoms with Gasteiger partial charge in [-0.3, -0.25) is 0 Å². The van der Waals surface area contributed by atoms with E-state index in [2.05, 4.69) is 41.8 Å². The quantitative estimate of drug-likeness (QED) is 0.769. The maximum Gasteiger partial charge on any atom is 0.231 e. The zero-order valence-corrected chi connectivity index (χ0v) is 14.3. The molecule has 0 saturated carbocycles. The number of halogens is 1. The Kier molecular flexibility index (Phi) is 4.04. The molecule has 0 N–H and O–H groups in total. The summed E-state index contributed by atoms with van der Waals surface area (Å²) in [6, 6.07) is 15.0. The molecule has 5 heteroatoms. The summed E-state index contributed by atoms with van der Waals surface area (Å²) < 4.78 is 11.0. The predicted molar refractivity (Wildman–Crippen MR) is 95.5 cm³/mol. The average molecular weight is 347 g/mol. The van der Waals surface area contributed by atoms with Crippen LogP contribution in [0.2, 0.25) is 5.02 Å². The third kappa shape index (κ3) is 2.86. The number of hydrogen-bond donors (Lipinski definition) is 0. The van der Waals surface area contributed by atoms with Crippen LogP contribution in [-0.4, -0.2) is 18.6 Å². The predicted octanol–water partition coefficient (Wildman–Crippen LogP) is 4.91. The van der Waals surface area contributed by atoms with Crippen LogP contribution in [0.1, 0.15) is 18.5 Å². The summed E-state index contributed by atoms with van der Waals surface area (Å²) in [5.41, 5.74) is 2.43. The maximum absolute atomic E-state index is 6.04. The third-order valence-corrected chi connectivity index (χ3v) is 5.58. The molecule has 1 radical (unpaired) electrons. The van der Waals surface area contributed by atoms with Gasteiger partial charge in [-0.25, -0.2) is 0 Å². The summed E-state index contributed by atoms with van der Waals surface area (Å²) >= 11 is 7.92. The lowest BCUT2D eigenvalue weighted by Gasteiger charge is -2.42. The first-order valence-electron chi connectivity index (χ1n) is 7.61. The van der Waals surface area contributed by atoms with E-state index in [9.17, 15) is 0 Å². The van der Waals surface area contributed by atoms with E-state index in [4.69, 9.17) is 21.1 Å². The topological polar surface area (TPSA) is 21.7 Å². The van der Waals surface area contributed by atoms with Crippen LogP contribution in [0.5, 0.6) is 11.5 Å². The van der Waals surface area contributed by atoms with E-state index in [1.54, 1.807) is 0 Å². The van der Waals surface area contributed by atoms with E-state index < -0.39 is 0 Å². The Hall–Kier alpha value is -1.52. The lowest BCUT2D eigenvalue weighted by molar-refractivity contribution is 0.174. The van der Waals surface area contributed by atoms with Crippen molar-refractivity contribution < 1.29 is 9.47 Å². The summed E-state index contributed by atoms with van der Waals surface area (Å²) in [6.45, 7) is 2.52. The zero-order valence-electron chi connectivity index (χ0n) is 12.7. The fourth-order valence-electron chi connectivity index (χ4n) is 3.12. The second-order valence-corrected chi connectivity index (χ2v) is 7.10. The van der Waals surface area contributed by atoms with Gasteiger partial charge in [0.2, 0.25) is 6.79 Å². The Morgan fingerprint density at radius 3 is 2.70 bits per heavy atom. The second-order valence-electron chi connectivity index (χ2n) is 5.72. The van der Waals surface area contributed by atoms with E-state index in [1.165, 1.54) is 5.56 Å². The second kappa shape index (κ2) is 6.17. The van der Waals surface area contributed by atoms with Crippen LogP contribution in [0.3, 0.4) is 0 Å². The highest BCUT2D eigenvalue weighted by Crippen LogP contribution is 2.42. The van der Waals surface area contributed by atoms with Crippen molar-refractivity contribution >= 4 is 29.1 Å². The Balaban J connectivity index is 1.71. The molecule has 3 nitrogen and oxygen atoms in total. The first-order chi connectivity index (χ1) is 11.2. The van der Waals surface area contributed by atoms with Gasteiger partial charge in [0.15, 0.2) is 11.5 Å². The van der Waals surface area contributed by atoms with Gasteiger partial charge in [-0.05, 0) is 36.8 Å². The molecule has 1 saturated heterocycles. The Morgan fingerprint density at radius 2 is 1.87 bits per heavy atom. The highest BCUT2D eigenvalue weighted by atomic mass is 35.5. The van der Waals surface area contributed by atoms with E-state index in [-0.39, 0.29) is 0 Å². The summed E-state index contributed by atoms with van der Waals surface area (Å²) in [6.07, 6.45) is 0. The molecule has 2 heterocycles. The molecule has 4 rings (SSSR count). The molecule has 2 atom stereocenters. The smallest absolute Gasteiger partial charge is 0.231 e. The number of thioether (sulfide) groups is 1. The molecule has 0 aliphatic carbocycles. The van der Waals surface area contributed by atoms with Crippen molar-refractivity contribution in [3.05, 3.63) is 58.8 Å². The third-order valence-electron chi connectivity index (χ3n) is 4.23. The normalized spacial score (nSPS) is 23.1. The fraction of sp³-hybridized carbons (Fsp3) is 0.278. The number of fused-ring (bicyclic) bond motifs is 1. The largest absolute Gasteiger partial charge is 0.454 e. The molecule has 0 bridgehead atoms. The molecule has 119 valence electrons. The Morgan fingerprint density at radius 1 is 1.09 bits per heavy atom. The summed E-state index contributed by atoms with van der Waals surface area (Å²) in [4.78, 5) is 2.43. The van der Waals surface area contributed by atoms with Gasteiger partial charge in [0.05, 0.1) is 6.04 Å². The van der Waals surface area contributed by atoms with E-state index >= 15 is 0 Å². The van der Waals surface area contributed by atoms with Crippen molar-refractivity contribution in [2.75, 3.05) is 17.4 Å². The summed E-state index contributed by atoms with van der Waals surface area (Å²) in [7, 11) is 0. The van der Waals surface area contributed by atoms with Gasteiger partial charge in [-0.15, -0.1) is 0 Å². The van der Waals surface area contributed by atoms with Crippen molar-refractivity contribution in [1.82, 2.24) is 0 Å². The first kappa shape index (κ1) is 15.0. The lowest BCUT2D eigenvalue weighted by Crippen LogP contribution is -2.41. The monoisotopic (exact) mass is 346 g/mol. The van der Waals surface area contributed by atoms with Crippen molar-refractivity contribution in [1.29, 1.82) is 0 Å². The standard InChI is InChI=1S/C18H17ClNO2S/c1-12-9-23-10-16(13-2-4-14(19)5-3-13)20(12)15-6-7-17-18(8-15)22-11-21-17/h2-9,12,16H,10-11H2,1H3. The molecule has 2 aromatic carbocycles. The van der Waals surface area contributed by atoms with Gasteiger partial charge in [0.1, 0.15) is 0 Å². The van der Waals surface area contributed by atoms with Crippen molar-refractivity contribution in [2.24, 2.45) is 0 Å². The molecule has 0 amide bonds. The van der Waals surface area contributed by atoms with Crippen LogP contribution in [0, 0.1) is 5.75 Å². The SMILES string of the molecule is CC1[CH]SCC(c2ccc(Cl)cc2)N1c1ccc2c(c1)OCO2. The molecule has 0 spiro atoms. The van der Waals surface area contributed by atoms with Gasteiger partial charge in [-0.1, -0.05) is 23.7 Å². The average Bonchev–Trinajstić information content (AvgIpc) is 3.03. The van der Waals surface area contributed by atoms with Gasteiger partial charge >= 0.3 is 0 Å². The Bertz CT molecular complexity index is 707. The number of anilines is 1. The highest BCUT2D eigenvalue weighted by molar-refractivity contribution is 8.01. The van der Waals surface area contributed by atoms with Gasteiger partial charge < -0.3 is 14.4 Å². The molecule has 2 aromatic rings. The summed E-state index contributed by atoms with van der Waals surface area (Å²) in [5, 5.41) is 0.770. The summed E-state index contributed by atoms with van der Waals surface area (Å²) in [5.74, 6) is 4.94. The minimum Gasteiger partial charge on any atom is -0.454 e. The highest BCUT2D eigenvalue weighted by Gasteiger charge is 2.31. The Labute approximate surface area is 145 Å². The minimum absolute atomic E-state index is 0.303. The molecule has 2 aliphatic heterocycles. The van der Waals surface area contributed by atoms with E-state index in [0.29, 0.717) is 18.9 Å². The van der Waals surface area contributed by atoms with Crippen LogP contribution in [0.4, 0.5) is 5.69 Å². The van der Waals surface area contributed by atoms with Gasteiger partial charge in [-0.2, -0.15) is 11.8 Å². The molecule has 2 aliphatic rings. The van der Waals surface area contributed by atoms with Crippen molar-refractivity contribution in [2.45, 2.75) is 19.0 Å². The van der Waals surface area contributed by atoms with Gasteiger partial charge in [0.25, 0.3) is 0 Å². The number of nitrogens with zero attached hydrogens (tertiary/aromatic N) is 1. The van der Waals surface area contributed by atoms with Gasteiger partial charge in [0, 0.05) is 34.3 Å². The number of hydrogen-bond acceptors (Lipinski definition) is 4. The van der Waals surface area contributed by atoms with Crippen LogP contribution in [0.15, 0.2) is 42.5 Å². The molecule has 0 aromatic heterocycles. The molecule has 23 heavy (non-hydrogen) atoms. The molecular formula is C18H17ClNO2S. The molecular weight excluding hydrogens is 330 g/mol. The molecule has 2 unspecified atom stereocenters. The van der Waals surface area contributed by atoms with Crippen molar-refractivity contribution in [3.8, 4) is 11.5 Å². The van der Waals surface area contributed by atoms with Crippen LogP contribution < -0.4 is 14.4 Å². The first-order valence-corrected chi connectivity index (χ1v) is 9.03.